The molecule has 1 atom stereocenters. The minimum absolute atomic E-state index is 0.189. The van der Waals surface area contributed by atoms with Gasteiger partial charge in [0.2, 0.25) is 5.89 Å². The molecule has 1 aromatic heterocycles. The van der Waals surface area contributed by atoms with E-state index in [1.165, 1.54) is 0 Å². The fourth-order valence-electron chi connectivity index (χ4n) is 0.721. The van der Waals surface area contributed by atoms with Gasteiger partial charge in [0.1, 0.15) is 0 Å². The Hall–Kier alpha value is -1.06. The van der Waals surface area contributed by atoms with Gasteiger partial charge in [-0.3, -0.25) is 0 Å². The maximum absolute atomic E-state index is 10.5. The third-order valence-electron chi connectivity index (χ3n) is 1.84. The van der Waals surface area contributed by atoms with Gasteiger partial charge < -0.3 is 4.42 Å². The van der Waals surface area contributed by atoms with Crippen LogP contribution in [0.25, 0.3) is 0 Å². The summed E-state index contributed by atoms with van der Waals surface area (Å²) in [5.41, 5.74) is 0. The van der Waals surface area contributed by atoms with Crippen LogP contribution in [0.2, 0.25) is 0 Å². The van der Waals surface area contributed by atoms with Crippen molar-refractivity contribution in [1.82, 2.24) is 10.2 Å². The molecule has 0 bridgehead atoms. The molecule has 0 radical (unpaired) electrons. The number of hydrogen-bond donors (Lipinski definition) is 1. The van der Waals surface area contributed by atoms with Gasteiger partial charge in [0, 0.05) is 5.92 Å². The molecule has 1 aromatic rings. The fourth-order valence-corrected chi connectivity index (χ4v) is 0.721. The molecule has 62 valence electrons. The fraction of sp³-hybridized carbons (Fsp3) is 0.714. The van der Waals surface area contributed by atoms with Crippen LogP contribution in [-0.2, 0) is 0 Å². The summed E-state index contributed by atoms with van der Waals surface area (Å²) < 4.78 is 4.78. The van der Waals surface area contributed by atoms with Gasteiger partial charge in [0.15, 0.2) is 0 Å². The monoisotopic (exact) mass is 156 g/mol. The van der Waals surface area contributed by atoms with Gasteiger partial charge in [0.05, 0.1) is 0 Å². The van der Waals surface area contributed by atoms with Crippen LogP contribution in [0.15, 0.2) is 9.21 Å². The highest BCUT2D eigenvalue weighted by Gasteiger charge is 2.15. The summed E-state index contributed by atoms with van der Waals surface area (Å²) in [6.45, 7) is 6.09. The van der Waals surface area contributed by atoms with E-state index in [1.54, 1.807) is 0 Å². The minimum Gasteiger partial charge on any atom is -0.392 e. The maximum atomic E-state index is 10.5. The Morgan fingerprint density at radius 2 is 2.09 bits per heavy atom. The predicted molar refractivity (Wildman–Crippen MR) is 40.4 cm³/mol. The summed E-state index contributed by atoms with van der Waals surface area (Å²) in [5.74, 6) is 0.632. The number of aromatic amines is 1. The molecular weight excluding hydrogens is 144 g/mol. The van der Waals surface area contributed by atoms with Crippen molar-refractivity contribution in [2.45, 2.75) is 26.7 Å². The van der Waals surface area contributed by atoms with E-state index in [-0.39, 0.29) is 5.92 Å². The van der Waals surface area contributed by atoms with E-state index in [4.69, 9.17) is 4.42 Å². The normalized spacial score (nSPS) is 13.8. The van der Waals surface area contributed by atoms with E-state index >= 15 is 0 Å². The van der Waals surface area contributed by atoms with Crippen LogP contribution < -0.4 is 5.76 Å². The Morgan fingerprint density at radius 3 is 2.45 bits per heavy atom. The number of aromatic nitrogens is 2. The van der Waals surface area contributed by atoms with Crippen molar-refractivity contribution >= 4 is 0 Å². The molecule has 0 aliphatic carbocycles. The second-order valence-corrected chi connectivity index (χ2v) is 2.98. The average molecular weight is 156 g/mol. The van der Waals surface area contributed by atoms with Gasteiger partial charge in [-0.1, -0.05) is 20.8 Å². The molecular formula is C7H12N2O2. The SMILES string of the molecule is CC(C)C(C)c1n[nH]c(=O)o1. The smallest absolute Gasteiger partial charge is 0.392 e. The zero-order valence-corrected chi connectivity index (χ0v) is 6.92. The number of nitrogens with one attached hydrogen (secondary N) is 1. The van der Waals surface area contributed by atoms with Crippen LogP contribution in [0.3, 0.4) is 0 Å². The molecule has 1 rings (SSSR count). The third-order valence-corrected chi connectivity index (χ3v) is 1.84. The minimum atomic E-state index is -0.479. The van der Waals surface area contributed by atoms with E-state index in [2.05, 4.69) is 24.0 Å². The molecule has 1 heterocycles. The lowest BCUT2D eigenvalue weighted by Crippen LogP contribution is -2.02. The van der Waals surface area contributed by atoms with Gasteiger partial charge in [-0.2, -0.15) is 0 Å². The second kappa shape index (κ2) is 2.90. The summed E-state index contributed by atoms with van der Waals surface area (Å²) in [6.07, 6.45) is 0. The predicted octanol–water partition coefficient (Wildman–Crippen LogP) is 1.12. The molecule has 0 fully saturated rings. The zero-order valence-electron chi connectivity index (χ0n) is 6.92. The van der Waals surface area contributed by atoms with Crippen LogP contribution in [-0.4, -0.2) is 10.2 Å². The Labute approximate surface area is 64.6 Å². The highest BCUT2D eigenvalue weighted by molar-refractivity contribution is 4.86. The lowest BCUT2D eigenvalue weighted by Gasteiger charge is -2.08. The second-order valence-electron chi connectivity index (χ2n) is 2.98. The van der Waals surface area contributed by atoms with Crippen molar-refractivity contribution in [3.05, 3.63) is 16.4 Å². The van der Waals surface area contributed by atoms with E-state index in [1.807, 2.05) is 6.92 Å². The van der Waals surface area contributed by atoms with Crippen LogP contribution in [0.5, 0.6) is 0 Å². The van der Waals surface area contributed by atoms with Crippen LogP contribution >= 0.6 is 0 Å². The maximum Gasteiger partial charge on any atom is 0.434 e. The molecule has 0 aliphatic heterocycles. The number of rotatable bonds is 2. The molecule has 0 saturated heterocycles. The first-order valence-corrected chi connectivity index (χ1v) is 3.66. The topological polar surface area (TPSA) is 58.9 Å². The lowest BCUT2D eigenvalue weighted by atomic mass is 9.98. The summed E-state index contributed by atoms with van der Waals surface area (Å²) in [7, 11) is 0. The van der Waals surface area contributed by atoms with Crippen molar-refractivity contribution in [3.8, 4) is 0 Å². The van der Waals surface area contributed by atoms with Crippen molar-refractivity contribution < 1.29 is 4.42 Å². The highest BCUT2D eigenvalue weighted by Crippen LogP contribution is 2.19. The molecule has 11 heavy (non-hydrogen) atoms. The molecule has 1 N–H and O–H groups in total. The van der Waals surface area contributed by atoms with E-state index in [9.17, 15) is 4.79 Å². The Bertz CT molecular complexity index is 274. The van der Waals surface area contributed by atoms with Crippen molar-refractivity contribution in [2.24, 2.45) is 5.92 Å². The van der Waals surface area contributed by atoms with Crippen molar-refractivity contribution in [3.63, 3.8) is 0 Å². The molecule has 0 amide bonds. The first-order valence-electron chi connectivity index (χ1n) is 3.66. The zero-order chi connectivity index (χ0) is 8.43. The third kappa shape index (κ3) is 1.69. The standard InChI is InChI=1S/C7H12N2O2/c1-4(2)5(3)6-8-9-7(10)11-6/h4-5H,1-3H3,(H,9,10). The van der Waals surface area contributed by atoms with Crippen molar-refractivity contribution in [2.75, 3.05) is 0 Å². The van der Waals surface area contributed by atoms with Gasteiger partial charge in [-0.05, 0) is 5.92 Å². The quantitative estimate of drug-likeness (QED) is 0.698. The molecule has 0 spiro atoms. The first kappa shape index (κ1) is 8.04. The molecule has 0 aromatic carbocycles. The molecule has 0 aliphatic rings. The highest BCUT2D eigenvalue weighted by atomic mass is 16.4. The van der Waals surface area contributed by atoms with Crippen LogP contribution in [0, 0.1) is 5.92 Å². The summed E-state index contributed by atoms with van der Waals surface area (Å²) in [4.78, 5) is 10.5. The molecule has 4 heteroatoms. The van der Waals surface area contributed by atoms with E-state index < -0.39 is 5.76 Å². The van der Waals surface area contributed by atoms with Gasteiger partial charge in [-0.25, -0.2) is 9.89 Å². The molecule has 0 saturated carbocycles. The summed E-state index contributed by atoms with van der Waals surface area (Å²) in [6, 6.07) is 0. The van der Waals surface area contributed by atoms with Gasteiger partial charge in [0.25, 0.3) is 0 Å². The Balaban J connectivity index is 2.84. The van der Waals surface area contributed by atoms with Crippen LogP contribution in [0.4, 0.5) is 0 Å². The summed E-state index contributed by atoms with van der Waals surface area (Å²) in [5, 5.41) is 5.96. The largest absolute Gasteiger partial charge is 0.434 e. The van der Waals surface area contributed by atoms with Gasteiger partial charge in [-0.15, -0.1) is 5.10 Å². The van der Waals surface area contributed by atoms with Gasteiger partial charge >= 0.3 is 5.76 Å². The van der Waals surface area contributed by atoms with E-state index in [0.717, 1.165) is 0 Å². The number of hydrogen-bond acceptors (Lipinski definition) is 3. The number of nitrogens with zero attached hydrogens (tertiary/aromatic N) is 1. The number of H-pyrrole nitrogens is 1. The Morgan fingerprint density at radius 1 is 1.45 bits per heavy atom. The van der Waals surface area contributed by atoms with Crippen molar-refractivity contribution in [1.29, 1.82) is 0 Å². The van der Waals surface area contributed by atoms with Crippen LogP contribution in [0.1, 0.15) is 32.6 Å². The summed E-state index contributed by atoms with van der Waals surface area (Å²) >= 11 is 0. The molecule has 1 unspecified atom stereocenters. The average Bonchev–Trinajstić information content (AvgIpc) is 2.34. The first-order chi connectivity index (χ1) is 5.11. The molecule has 4 nitrogen and oxygen atoms in total. The lowest BCUT2D eigenvalue weighted by molar-refractivity contribution is 0.385. The Kier molecular flexibility index (Phi) is 2.12. The van der Waals surface area contributed by atoms with E-state index in [0.29, 0.717) is 11.8 Å².